The van der Waals surface area contributed by atoms with E-state index in [0.717, 1.165) is 16.9 Å². The summed E-state index contributed by atoms with van der Waals surface area (Å²) < 4.78 is 7.11. The van der Waals surface area contributed by atoms with Gasteiger partial charge in [-0.25, -0.2) is 19.6 Å². The van der Waals surface area contributed by atoms with E-state index in [1.54, 1.807) is 22.8 Å². The first kappa shape index (κ1) is 22.8. The van der Waals surface area contributed by atoms with Gasteiger partial charge in [-0.05, 0) is 37.5 Å². The number of carbonyl (C=O) groups is 1. The van der Waals surface area contributed by atoms with Crippen molar-refractivity contribution in [2.75, 3.05) is 26.0 Å². The summed E-state index contributed by atoms with van der Waals surface area (Å²) in [6.07, 6.45) is 3.35. The molecule has 1 amide bonds. The fraction of sp³-hybridized carbons (Fsp3) is 0.292. The fourth-order valence-electron chi connectivity index (χ4n) is 4.53. The van der Waals surface area contributed by atoms with Gasteiger partial charge in [0.1, 0.15) is 23.7 Å². The van der Waals surface area contributed by atoms with Gasteiger partial charge < -0.3 is 20.4 Å². The van der Waals surface area contributed by atoms with Crippen LogP contribution in [-0.4, -0.2) is 66.8 Å². The van der Waals surface area contributed by atoms with Gasteiger partial charge in [0.05, 0.1) is 40.1 Å². The number of amides is 1. The molecule has 0 unspecified atom stereocenters. The normalized spacial score (nSPS) is 17.6. The molecule has 0 saturated carbocycles. The van der Waals surface area contributed by atoms with E-state index in [0.29, 0.717) is 46.9 Å². The molecule has 1 fully saturated rings. The lowest BCUT2D eigenvalue weighted by Crippen LogP contribution is -2.37. The minimum atomic E-state index is -0.153. The number of hydrogen-bond acceptors (Lipinski definition) is 7. The van der Waals surface area contributed by atoms with Gasteiger partial charge in [0.2, 0.25) is 5.91 Å². The molecule has 0 radical (unpaired) electrons. The Morgan fingerprint density at radius 1 is 1.40 bits per heavy atom. The molecular formula is C24H23ClN8O2. The lowest BCUT2D eigenvalue weighted by molar-refractivity contribution is -0.127. The monoisotopic (exact) mass is 490 g/mol. The minimum Gasteiger partial charge on any atom is -0.383 e. The summed E-state index contributed by atoms with van der Waals surface area (Å²) in [4.78, 5) is 30.3. The van der Waals surface area contributed by atoms with Gasteiger partial charge in [-0.1, -0.05) is 24.1 Å². The highest BCUT2D eigenvalue weighted by Crippen LogP contribution is 2.32. The predicted molar refractivity (Wildman–Crippen MR) is 133 cm³/mol. The number of methoxy groups -OCH3 is 1. The summed E-state index contributed by atoms with van der Waals surface area (Å²) in [7, 11) is 1.61. The third-order valence-corrected chi connectivity index (χ3v) is 6.39. The summed E-state index contributed by atoms with van der Waals surface area (Å²) in [6.45, 7) is 6.35. The molecule has 2 atom stereocenters. The Balaban J connectivity index is 1.57. The van der Waals surface area contributed by atoms with Crippen molar-refractivity contribution < 1.29 is 9.53 Å². The van der Waals surface area contributed by atoms with Crippen molar-refractivity contribution in [2.45, 2.75) is 25.4 Å². The van der Waals surface area contributed by atoms with Crippen LogP contribution in [0.1, 0.15) is 29.5 Å². The second kappa shape index (κ2) is 9.02. The van der Waals surface area contributed by atoms with Gasteiger partial charge in [-0.3, -0.25) is 4.79 Å². The van der Waals surface area contributed by atoms with Gasteiger partial charge >= 0.3 is 0 Å². The smallest absolute Gasteiger partial charge is 0.246 e. The van der Waals surface area contributed by atoms with Gasteiger partial charge in [0, 0.05) is 19.2 Å². The number of H-pyrrole nitrogens is 1. The van der Waals surface area contributed by atoms with E-state index in [4.69, 9.17) is 27.2 Å². The highest BCUT2D eigenvalue weighted by molar-refractivity contribution is 6.32. The van der Waals surface area contributed by atoms with Crippen molar-refractivity contribution in [2.24, 2.45) is 0 Å². The molecule has 4 heterocycles. The molecule has 1 aromatic carbocycles. The second-order valence-corrected chi connectivity index (χ2v) is 8.77. The quantitative estimate of drug-likeness (QED) is 0.332. The Labute approximate surface area is 206 Å². The summed E-state index contributed by atoms with van der Waals surface area (Å²) in [6, 6.07) is 3.39. The highest BCUT2D eigenvalue weighted by atomic mass is 35.5. The summed E-state index contributed by atoms with van der Waals surface area (Å²) >= 11 is 6.45. The Bertz CT molecular complexity index is 1530. The molecule has 1 aliphatic rings. The van der Waals surface area contributed by atoms with E-state index in [-0.39, 0.29) is 23.8 Å². The van der Waals surface area contributed by atoms with E-state index in [1.165, 1.54) is 12.4 Å². The topological polar surface area (TPSA) is 128 Å². The minimum absolute atomic E-state index is 0.105. The number of imidazole rings is 1. The van der Waals surface area contributed by atoms with Crippen molar-refractivity contribution in [1.82, 2.24) is 34.6 Å². The number of likely N-dealkylation sites (tertiary alicyclic amines) is 1. The maximum atomic E-state index is 12.4. The zero-order valence-corrected chi connectivity index (χ0v) is 20.0. The second-order valence-electron chi connectivity index (χ2n) is 8.37. The maximum absolute atomic E-state index is 12.4. The molecule has 3 N–H and O–H groups in total. The predicted octanol–water partition coefficient (Wildman–Crippen LogP) is 2.62. The fourth-order valence-corrected chi connectivity index (χ4v) is 4.73. The Morgan fingerprint density at radius 3 is 3.00 bits per heavy atom. The Hall–Kier alpha value is -3.94. The molecule has 4 aromatic rings. The van der Waals surface area contributed by atoms with Crippen molar-refractivity contribution in [3.63, 3.8) is 0 Å². The molecule has 1 saturated heterocycles. The van der Waals surface area contributed by atoms with Crippen LogP contribution in [0.5, 0.6) is 0 Å². The molecule has 0 aliphatic carbocycles. The van der Waals surface area contributed by atoms with Crippen LogP contribution in [0, 0.1) is 18.8 Å². The van der Waals surface area contributed by atoms with Crippen LogP contribution in [-0.2, 0) is 9.53 Å². The van der Waals surface area contributed by atoms with E-state index in [1.807, 2.05) is 13.0 Å². The SMILES string of the molecule is C=CC(=O)N1C[C@@H](n2nc(C#Cc3cc4[nH]c(C)nc4cc3Cl)c3c(N)ncnc32)C[C@@H]1COC. The molecule has 3 aromatic heterocycles. The molecular weight excluding hydrogens is 468 g/mol. The van der Waals surface area contributed by atoms with Gasteiger partial charge in [0.25, 0.3) is 0 Å². The first-order valence-electron chi connectivity index (χ1n) is 11.0. The number of nitrogens with one attached hydrogen (secondary N) is 1. The van der Waals surface area contributed by atoms with Crippen molar-refractivity contribution >= 4 is 45.4 Å². The largest absolute Gasteiger partial charge is 0.383 e. The zero-order chi connectivity index (χ0) is 24.7. The van der Waals surface area contributed by atoms with Gasteiger partial charge in [-0.2, -0.15) is 5.10 Å². The molecule has 11 heteroatoms. The Morgan fingerprint density at radius 2 is 2.23 bits per heavy atom. The number of anilines is 1. The molecule has 1 aliphatic heterocycles. The van der Waals surface area contributed by atoms with Crippen LogP contribution in [0.4, 0.5) is 5.82 Å². The number of rotatable bonds is 4. The van der Waals surface area contributed by atoms with E-state index >= 15 is 0 Å². The van der Waals surface area contributed by atoms with E-state index in [2.05, 4.69) is 38.4 Å². The number of aryl methyl sites for hydroxylation is 1. The van der Waals surface area contributed by atoms with Gasteiger partial charge in [-0.15, -0.1) is 0 Å². The Kier molecular flexibility index (Phi) is 5.88. The number of nitrogen functional groups attached to an aromatic ring is 1. The number of fused-ring (bicyclic) bond motifs is 2. The average Bonchev–Trinajstić information content (AvgIpc) is 3.52. The van der Waals surface area contributed by atoms with Crippen LogP contribution >= 0.6 is 11.6 Å². The van der Waals surface area contributed by atoms with Crippen LogP contribution in [0.15, 0.2) is 31.1 Å². The van der Waals surface area contributed by atoms with Crippen molar-refractivity contribution in [1.29, 1.82) is 0 Å². The number of aromatic amines is 1. The number of benzene rings is 1. The number of ether oxygens (including phenoxy) is 1. The maximum Gasteiger partial charge on any atom is 0.246 e. The van der Waals surface area contributed by atoms with Crippen molar-refractivity contribution in [3.8, 4) is 11.8 Å². The highest BCUT2D eigenvalue weighted by Gasteiger charge is 2.37. The molecule has 10 nitrogen and oxygen atoms in total. The first-order chi connectivity index (χ1) is 16.9. The number of nitrogens with two attached hydrogens (primary N) is 1. The standard InChI is InChI=1S/C24H23ClN8O2/c1-4-21(34)32-10-15(8-16(32)11-35-3)33-24-22(23(26)27-12-28-24)18(31-33)6-5-14-7-19-20(9-17(14)25)30-13(2)29-19/h4,7,9,12,15-16H,1,8,10-11H2,2-3H3,(H,29,30)(H2,26,27,28)/t15-,16+/m0/s1. The average molecular weight is 491 g/mol. The summed E-state index contributed by atoms with van der Waals surface area (Å²) in [5.74, 6) is 7.13. The van der Waals surface area contributed by atoms with Crippen LogP contribution in [0.3, 0.4) is 0 Å². The molecule has 0 spiro atoms. The number of carbonyl (C=O) groups excluding carboxylic acids is 1. The number of halogens is 1. The van der Waals surface area contributed by atoms with E-state index in [9.17, 15) is 4.79 Å². The summed E-state index contributed by atoms with van der Waals surface area (Å²) in [5, 5.41) is 5.80. The van der Waals surface area contributed by atoms with Crippen molar-refractivity contribution in [3.05, 3.63) is 53.2 Å². The molecule has 0 bridgehead atoms. The zero-order valence-electron chi connectivity index (χ0n) is 19.2. The molecule has 5 rings (SSSR count). The van der Waals surface area contributed by atoms with Gasteiger partial charge in [0.15, 0.2) is 5.65 Å². The lowest BCUT2D eigenvalue weighted by Gasteiger charge is -2.22. The van der Waals surface area contributed by atoms with Crippen LogP contribution in [0.2, 0.25) is 5.02 Å². The number of nitrogens with zero attached hydrogens (tertiary/aromatic N) is 6. The van der Waals surface area contributed by atoms with Crippen LogP contribution in [0.25, 0.3) is 22.1 Å². The van der Waals surface area contributed by atoms with Crippen LogP contribution < -0.4 is 5.73 Å². The first-order valence-corrected chi connectivity index (χ1v) is 11.4. The summed E-state index contributed by atoms with van der Waals surface area (Å²) in [5.41, 5.74) is 9.45. The molecule has 35 heavy (non-hydrogen) atoms. The number of aromatic nitrogens is 6. The third-order valence-electron chi connectivity index (χ3n) is 6.08. The third kappa shape index (κ3) is 4.09. The number of hydrogen-bond donors (Lipinski definition) is 2. The lowest BCUT2D eigenvalue weighted by atomic mass is 10.2. The van der Waals surface area contributed by atoms with E-state index < -0.39 is 0 Å². The molecule has 178 valence electrons.